The molecular formula is C28H30N6O2. The first-order chi connectivity index (χ1) is 17.5. The van der Waals surface area contributed by atoms with Gasteiger partial charge in [-0.15, -0.1) is 0 Å². The van der Waals surface area contributed by atoms with Crippen molar-refractivity contribution in [1.82, 2.24) is 24.8 Å². The minimum absolute atomic E-state index is 0.0742. The molecule has 0 aliphatic carbocycles. The van der Waals surface area contributed by atoms with Crippen molar-refractivity contribution >= 4 is 22.9 Å². The van der Waals surface area contributed by atoms with Gasteiger partial charge in [0.15, 0.2) is 0 Å². The van der Waals surface area contributed by atoms with Gasteiger partial charge in [-0.1, -0.05) is 18.2 Å². The SMILES string of the molecule is Cc1ccc2c(-c3ccc(Nc4ccc(C5CCOC5)c(CN(C)C)n4)c4c3CNC4=O)cnn2c1. The molecule has 3 aromatic heterocycles. The van der Waals surface area contributed by atoms with Crippen LogP contribution in [-0.4, -0.2) is 52.7 Å². The topological polar surface area (TPSA) is 83.8 Å². The molecule has 1 unspecified atom stereocenters. The van der Waals surface area contributed by atoms with Crippen LogP contribution in [0.15, 0.2) is 48.8 Å². The van der Waals surface area contributed by atoms with Gasteiger partial charge in [-0.3, -0.25) is 4.79 Å². The van der Waals surface area contributed by atoms with Gasteiger partial charge >= 0.3 is 0 Å². The number of aryl methyl sites for hydroxylation is 1. The largest absolute Gasteiger partial charge is 0.381 e. The fraction of sp³-hybridized carbons (Fsp3) is 0.321. The van der Waals surface area contributed by atoms with Crippen LogP contribution in [0.1, 0.15) is 45.1 Å². The Hall–Kier alpha value is -3.75. The van der Waals surface area contributed by atoms with E-state index in [0.717, 1.165) is 71.1 Å². The molecular weight excluding hydrogens is 452 g/mol. The quantitative estimate of drug-likeness (QED) is 0.427. The second-order valence-corrected chi connectivity index (χ2v) is 9.95. The maximum absolute atomic E-state index is 12.9. The molecule has 2 aliphatic heterocycles. The molecule has 0 spiro atoms. The standard InChI is InChI=1S/C28H30N6O2/c1-17-4-8-25-21(13-30-34(25)14-17)20-5-7-23(27-22(20)12-29-28(27)35)31-26-9-6-19(18-10-11-36-16-18)24(32-26)15-33(2)3/h4-9,13-14,18H,10-12,15-16H2,1-3H3,(H,29,35)(H,31,32). The highest BCUT2D eigenvalue weighted by Gasteiger charge is 2.28. The lowest BCUT2D eigenvalue weighted by Gasteiger charge is -2.19. The van der Waals surface area contributed by atoms with Crippen LogP contribution in [0.5, 0.6) is 0 Å². The van der Waals surface area contributed by atoms with Crippen molar-refractivity contribution in [2.45, 2.75) is 32.4 Å². The zero-order chi connectivity index (χ0) is 24.8. The first kappa shape index (κ1) is 22.7. The second-order valence-electron chi connectivity index (χ2n) is 9.95. The maximum atomic E-state index is 12.9. The number of carbonyl (C=O) groups is 1. The van der Waals surface area contributed by atoms with Crippen molar-refractivity contribution in [2.75, 3.05) is 32.6 Å². The summed E-state index contributed by atoms with van der Waals surface area (Å²) < 4.78 is 7.52. The number of carbonyl (C=O) groups excluding carboxylic acids is 1. The molecule has 184 valence electrons. The third-order valence-electron chi connectivity index (χ3n) is 7.03. The summed E-state index contributed by atoms with van der Waals surface area (Å²) in [5.41, 5.74) is 8.90. The monoisotopic (exact) mass is 482 g/mol. The molecule has 1 aromatic carbocycles. The zero-order valence-electron chi connectivity index (χ0n) is 20.8. The molecule has 5 heterocycles. The van der Waals surface area contributed by atoms with Crippen molar-refractivity contribution in [1.29, 1.82) is 0 Å². The van der Waals surface area contributed by atoms with E-state index in [-0.39, 0.29) is 5.91 Å². The Morgan fingerprint density at radius 1 is 1.17 bits per heavy atom. The predicted octanol–water partition coefficient (Wildman–Crippen LogP) is 4.26. The van der Waals surface area contributed by atoms with E-state index < -0.39 is 0 Å². The first-order valence-corrected chi connectivity index (χ1v) is 12.4. The summed E-state index contributed by atoms with van der Waals surface area (Å²) in [7, 11) is 4.10. The average molecular weight is 483 g/mol. The molecule has 1 saturated heterocycles. The van der Waals surface area contributed by atoms with E-state index in [1.165, 1.54) is 5.56 Å². The number of aromatic nitrogens is 3. The van der Waals surface area contributed by atoms with Gasteiger partial charge in [-0.2, -0.15) is 5.10 Å². The van der Waals surface area contributed by atoms with Crippen LogP contribution >= 0.6 is 0 Å². The Bertz CT molecular complexity index is 1470. The molecule has 1 amide bonds. The highest BCUT2D eigenvalue weighted by molar-refractivity contribution is 6.06. The van der Waals surface area contributed by atoms with Crippen LogP contribution in [0.25, 0.3) is 16.6 Å². The Kier molecular flexibility index (Phi) is 5.70. The molecule has 1 fully saturated rings. The van der Waals surface area contributed by atoms with E-state index in [2.05, 4.69) is 44.9 Å². The van der Waals surface area contributed by atoms with Gasteiger partial charge in [0.25, 0.3) is 5.91 Å². The number of nitrogens with one attached hydrogen (secondary N) is 2. The fourth-order valence-electron chi connectivity index (χ4n) is 5.30. The number of pyridine rings is 2. The number of amides is 1. The summed E-state index contributed by atoms with van der Waals surface area (Å²) in [6.07, 6.45) is 4.91. The van der Waals surface area contributed by atoms with Crippen LogP contribution in [0.3, 0.4) is 0 Å². The van der Waals surface area contributed by atoms with Crippen LogP contribution in [0.4, 0.5) is 11.5 Å². The summed E-state index contributed by atoms with van der Waals surface area (Å²) in [5, 5.41) is 11.0. The van der Waals surface area contributed by atoms with Crippen molar-refractivity contribution in [3.63, 3.8) is 0 Å². The minimum atomic E-state index is -0.0742. The molecule has 6 rings (SSSR count). The molecule has 8 heteroatoms. The Morgan fingerprint density at radius 2 is 2.06 bits per heavy atom. The lowest BCUT2D eigenvalue weighted by molar-refractivity contribution is 0.0966. The smallest absolute Gasteiger partial charge is 0.254 e. The number of anilines is 2. The summed E-state index contributed by atoms with van der Waals surface area (Å²) in [6, 6.07) is 12.4. The van der Waals surface area contributed by atoms with Gasteiger partial charge in [0.2, 0.25) is 0 Å². The summed E-state index contributed by atoms with van der Waals surface area (Å²) in [4.78, 5) is 20.0. The second kappa shape index (κ2) is 9.04. The molecule has 0 radical (unpaired) electrons. The number of hydrogen-bond acceptors (Lipinski definition) is 6. The highest BCUT2D eigenvalue weighted by atomic mass is 16.5. The van der Waals surface area contributed by atoms with E-state index in [0.29, 0.717) is 18.0 Å². The third kappa shape index (κ3) is 4.02. The third-order valence-corrected chi connectivity index (χ3v) is 7.03. The van der Waals surface area contributed by atoms with Gasteiger partial charge in [0, 0.05) is 37.4 Å². The molecule has 36 heavy (non-hydrogen) atoms. The van der Waals surface area contributed by atoms with Crippen molar-refractivity contribution < 1.29 is 9.53 Å². The number of nitrogens with zero attached hydrogens (tertiary/aromatic N) is 4. The number of fused-ring (bicyclic) bond motifs is 2. The van der Waals surface area contributed by atoms with Gasteiger partial charge in [0.1, 0.15) is 5.82 Å². The number of hydrogen-bond donors (Lipinski definition) is 2. The number of benzene rings is 1. The normalized spacial score (nSPS) is 17.1. The van der Waals surface area contributed by atoms with Crippen molar-refractivity contribution in [2.24, 2.45) is 0 Å². The lowest BCUT2D eigenvalue weighted by atomic mass is 9.95. The Labute approximate surface area is 210 Å². The van der Waals surface area contributed by atoms with E-state index in [1.54, 1.807) is 0 Å². The van der Waals surface area contributed by atoms with Crippen molar-refractivity contribution in [3.8, 4) is 11.1 Å². The van der Waals surface area contributed by atoms with Gasteiger partial charge in [-0.25, -0.2) is 9.50 Å². The molecule has 2 aliphatic rings. The molecule has 4 aromatic rings. The Morgan fingerprint density at radius 3 is 2.86 bits per heavy atom. The molecule has 2 N–H and O–H groups in total. The molecule has 8 nitrogen and oxygen atoms in total. The summed E-state index contributed by atoms with van der Waals surface area (Å²) in [5.74, 6) is 1.04. The maximum Gasteiger partial charge on any atom is 0.254 e. The first-order valence-electron chi connectivity index (χ1n) is 12.4. The Balaban J connectivity index is 1.38. The molecule has 1 atom stereocenters. The highest BCUT2D eigenvalue weighted by Crippen LogP contribution is 2.37. The van der Waals surface area contributed by atoms with E-state index in [4.69, 9.17) is 9.72 Å². The fourth-order valence-corrected chi connectivity index (χ4v) is 5.30. The van der Waals surface area contributed by atoms with Crippen molar-refractivity contribution in [3.05, 3.63) is 76.7 Å². The van der Waals surface area contributed by atoms with Crippen LogP contribution in [0, 0.1) is 6.92 Å². The van der Waals surface area contributed by atoms with E-state index in [9.17, 15) is 4.79 Å². The number of rotatable bonds is 6. The molecule has 0 bridgehead atoms. The van der Waals surface area contributed by atoms with Crippen LogP contribution < -0.4 is 10.6 Å². The van der Waals surface area contributed by atoms with Gasteiger partial charge < -0.3 is 20.3 Å². The van der Waals surface area contributed by atoms with E-state index >= 15 is 0 Å². The predicted molar refractivity (Wildman–Crippen MR) is 140 cm³/mol. The van der Waals surface area contributed by atoms with Gasteiger partial charge in [-0.05, 0) is 67.9 Å². The summed E-state index contributed by atoms with van der Waals surface area (Å²) in [6.45, 7) is 4.82. The van der Waals surface area contributed by atoms with Gasteiger partial charge in [0.05, 0.1) is 35.3 Å². The lowest BCUT2D eigenvalue weighted by Crippen LogP contribution is -2.16. The van der Waals surface area contributed by atoms with Crippen LogP contribution in [-0.2, 0) is 17.8 Å². The van der Waals surface area contributed by atoms with E-state index in [1.807, 2.05) is 50.1 Å². The average Bonchev–Trinajstić information content (AvgIpc) is 3.60. The molecule has 0 saturated carbocycles. The van der Waals surface area contributed by atoms with Crippen LogP contribution in [0.2, 0.25) is 0 Å². The number of ether oxygens (including phenoxy) is 1. The minimum Gasteiger partial charge on any atom is -0.381 e. The summed E-state index contributed by atoms with van der Waals surface area (Å²) >= 11 is 0. The zero-order valence-corrected chi connectivity index (χ0v) is 20.8.